The molecule has 26 heavy (non-hydrogen) atoms. The average molecular weight is 378 g/mol. The predicted molar refractivity (Wildman–Crippen MR) is 101 cm³/mol. The molecular weight excluding hydrogens is 352 g/mol. The van der Waals surface area contributed by atoms with Crippen molar-refractivity contribution in [3.05, 3.63) is 29.8 Å². The van der Waals surface area contributed by atoms with Gasteiger partial charge in [0.05, 0.1) is 11.5 Å². The highest BCUT2D eigenvalue weighted by Crippen LogP contribution is 2.49. The van der Waals surface area contributed by atoms with Gasteiger partial charge in [0.2, 0.25) is 11.8 Å². The zero-order chi connectivity index (χ0) is 19.1. The van der Waals surface area contributed by atoms with Crippen LogP contribution in [-0.4, -0.2) is 56.3 Å². The van der Waals surface area contributed by atoms with Gasteiger partial charge < -0.3 is 9.80 Å². The molecule has 2 aliphatic rings. The second kappa shape index (κ2) is 6.68. The van der Waals surface area contributed by atoms with Crippen molar-refractivity contribution in [1.82, 2.24) is 4.90 Å². The van der Waals surface area contributed by atoms with E-state index in [4.69, 9.17) is 0 Å². The Hall–Kier alpha value is -1.89. The molecule has 1 saturated carbocycles. The van der Waals surface area contributed by atoms with Gasteiger partial charge in [0.1, 0.15) is 5.41 Å². The smallest absolute Gasteiger partial charge is 0.242 e. The van der Waals surface area contributed by atoms with Gasteiger partial charge in [-0.3, -0.25) is 9.59 Å². The van der Waals surface area contributed by atoms with Crippen molar-refractivity contribution in [1.29, 1.82) is 0 Å². The SMILES string of the molecule is CCN(C(=O)C1(C(=O)N(C)C2CCS(=O)(=O)C2)CC1)c1cccc(C)c1. The van der Waals surface area contributed by atoms with Crippen molar-refractivity contribution in [2.45, 2.75) is 39.2 Å². The van der Waals surface area contributed by atoms with Crippen LogP contribution in [0.25, 0.3) is 0 Å². The Morgan fingerprint density at radius 1 is 1.23 bits per heavy atom. The van der Waals surface area contributed by atoms with Gasteiger partial charge in [-0.05, 0) is 50.8 Å². The third kappa shape index (κ3) is 3.37. The third-order valence-electron chi connectivity index (χ3n) is 5.52. The highest BCUT2D eigenvalue weighted by atomic mass is 32.2. The summed E-state index contributed by atoms with van der Waals surface area (Å²) in [6.07, 6.45) is 1.50. The van der Waals surface area contributed by atoms with E-state index in [1.54, 1.807) is 11.9 Å². The fourth-order valence-corrected chi connectivity index (χ4v) is 5.50. The molecule has 0 aromatic heterocycles. The van der Waals surface area contributed by atoms with Crippen LogP contribution in [-0.2, 0) is 19.4 Å². The highest BCUT2D eigenvalue weighted by molar-refractivity contribution is 7.91. The van der Waals surface area contributed by atoms with Crippen molar-refractivity contribution in [2.75, 3.05) is 30.0 Å². The van der Waals surface area contributed by atoms with E-state index < -0.39 is 15.3 Å². The van der Waals surface area contributed by atoms with Gasteiger partial charge in [-0.25, -0.2) is 8.42 Å². The van der Waals surface area contributed by atoms with Crippen LogP contribution in [0.4, 0.5) is 5.69 Å². The molecular formula is C19H26N2O4S. The Morgan fingerprint density at radius 2 is 1.92 bits per heavy atom. The third-order valence-corrected chi connectivity index (χ3v) is 7.27. The Balaban J connectivity index is 1.80. The number of hydrogen-bond acceptors (Lipinski definition) is 4. The lowest BCUT2D eigenvalue weighted by Crippen LogP contribution is -2.49. The Kier molecular flexibility index (Phi) is 4.86. The van der Waals surface area contributed by atoms with Crippen LogP contribution in [0, 0.1) is 12.3 Å². The highest BCUT2D eigenvalue weighted by Gasteiger charge is 2.59. The molecule has 3 rings (SSSR count). The van der Waals surface area contributed by atoms with Gasteiger partial charge in [-0.1, -0.05) is 12.1 Å². The van der Waals surface area contributed by atoms with Gasteiger partial charge in [-0.2, -0.15) is 0 Å². The van der Waals surface area contributed by atoms with E-state index in [2.05, 4.69) is 0 Å². The quantitative estimate of drug-likeness (QED) is 0.732. The lowest BCUT2D eigenvalue weighted by Gasteiger charge is -2.31. The van der Waals surface area contributed by atoms with Crippen LogP contribution in [0.3, 0.4) is 0 Å². The fraction of sp³-hybridized carbons (Fsp3) is 0.579. The number of nitrogens with zero attached hydrogens (tertiary/aromatic N) is 2. The number of carbonyl (C=O) groups is 2. The monoisotopic (exact) mass is 378 g/mol. The summed E-state index contributed by atoms with van der Waals surface area (Å²) in [5.74, 6) is -0.311. The lowest BCUT2D eigenvalue weighted by molar-refractivity contribution is -0.143. The summed E-state index contributed by atoms with van der Waals surface area (Å²) >= 11 is 0. The summed E-state index contributed by atoms with van der Waals surface area (Å²) in [6, 6.07) is 7.36. The number of sulfone groups is 1. The van der Waals surface area contributed by atoms with Gasteiger partial charge in [-0.15, -0.1) is 0 Å². The molecule has 1 saturated heterocycles. The molecule has 1 aliphatic heterocycles. The minimum Gasteiger partial charge on any atom is -0.341 e. The number of anilines is 1. The molecule has 2 amide bonds. The van der Waals surface area contributed by atoms with Gasteiger partial charge in [0.25, 0.3) is 0 Å². The van der Waals surface area contributed by atoms with Crippen LogP contribution in [0.15, 0.2) is 24.3 Å². The molecule has 7 heteroatoms. The van der Waals surface area contributed by atoms with Crippen LogP contribution < -0.4 is 4.90 Å². The minimum absolute atomic E-state index is 0.00508. The van der Waals surface area contributed by atoms with E-state index in [1.165, 1.54) is 4.90 Å². The average Bonchev–Trinajstić information content (AvgIpc) is 3.32. The first-order valence-corrected chi connectivity index (χ1v) is 10.9. The van der Waals surface area contributed by atoms with E-state index in [1.807, 2.05) is 38.1 Å². The summed E-state index contributed by atoms with van der Waals surface area (Å²) in [4.78, 5) is 29.5. The van der Waals surface area contributed by atoms with Gasteiger partial charge >= 0.3 is 0 Å². The number of carbonyl (C=O) groups excluding carboxylic acids is 2. The maximum Gasteiger partial charge on any atom is 0.242 e. The van der Waals surface area contributed by atoms with Crippen molar-refractivity contribution in [2.24, 2.45) is 5.41 Å². The molecule has 1 heterocycles. The van der Waals surface area contributed by atoms with Crippen molar-refractivity contribution in [3.63, 3.8) is 0 Å². The molecule has 1 aromatic carbocycles. The number of benzene rings is 1. The second-order valence-electron chi connectivity index (χ2n) is 7.44. The minimum atomic E-state index is -3.08. The number of rotatable bonds is 5. The number of aryl methyl sites for hydroxylation is 1. The zero-order valence-corrected chi connectivity index (χ0v) is 16.4. The molecule has 0 bridgehead atoms. The first-order chi connectivity index (χ1) is 12.2. The topological polar surface area (TPSA) is 74.8 Å². The van der Waals surface area contributed by atoms with E-state index in [9.17, 15) is 18.0 Å². The Bertz CT molecular complexity index is 830. The lowest BCUT2D eigenvalue weighted by atomic mass is 10.0. The normalized spacial score (nSPS) is 22.7. The molecule has 1 aromatic rings. The first-order valence-electron chi connectivity index (χ1n) is 9.06. The van der Waals surface area contributed by atoms with Crippen molar-refractivity contribution in [3.8, 4) is 0 Å². The van der Waals surface area contributed by atoms with E-state index in [-0.39, 0.29) is 29.4 Å². The van der Waals surface area contributed by atoms with E-state index in [0.29, 0.717) is 25.8 Å². The summed E-state index contributed by atoms with van der Waals surface area (Å²) in [5, 5.41) is 0. The standard InChI is InChI=1S/C19H26N2O4S/c1-4-21(15-7-5-6-14(2)12-15)18(23)19(9-10-19)17(22)20(3)16-8-11-26(24,25)13-16/h5-7,12,16H,4,8-11,13H2,1-3H3. The molecule has 2 fully saturated rings. The van der Waals surface area contributed by atoms with Crippen LogP contribution in [0.1, 0.15) is 31.7 Å². The molecule has 1 aliphatic carbocycles. The molecule has 0 radical (unpaired) electrons. The van der Waals surface area contributed by atoms with E-state index >= 15 is 0 Å². The summed E-state index contributed by atoms with van der Waals surface area (Å²) in [7, 11) is -1.45. The zero-order valence-electron chi connectivity index (χ0n) is 15.6. The molecule has 0 N–H and O–H groups in total. The molecule has 0 spiro atoms. The fourth-order valence-electron chi connectivity index (χ4n) is 3.73. The second-order valence-corrected chi connectivity index (χ2v) is 9.67. The van der Waals surface area contributed by atoms with E-state index in [0.717, 1.165) is 11.3 Å². The van der Waals surface area contributed by atoms with Crippen molar-refractivity contribution >= 4 is 27.3 Å². The number of amides is 2. The van der Waals surface area contributed by atoms with Crippen molar-refractivity contribution < 1.29 is 18.0 Å². The number of hydrogen-bond donors (Lipinski definition) is 0. The molecule has 142 valence electrons. The largest absolute Gasteiger partial charge is 0.341 e. The Morgan fingerprint density at radius 3 is 2.42 bits per heavy atom. The van der Waals surface area contributed by atoms with Gasteiger partial charge in [0, 0.05) is 25.3 Å². The molecule has 1 atom stereocenters. The van der Waals surface area contributed by atoms with Crippen LogP contribution in [0.2, 0.25) is 0 Å². The summed E-state index contributed by atoms with van der Waals surface area (Å²) < 4.78 is 23.5. The molecule has 6 nitrogen and oxygen atoms in total. The van der Waals surface area contributed by atoms with Gasteiger partial charge in [0.15, 0.2) is 9.84 Å². The predicted octanol–water partition coefficient (Wildman–Crippen LogP) is 1.77. The summed E-state index contributed by atoms with van der Waals surface area (Å²) in [6.45, 7) is 4.35. The van der Waals surface area contributed by atoms with Crippen LogP contribution in [0.5, 0.6) is 0 Å². The maximum absolute atomic E-state index is 13.2. The maximum atomic E-state index is 13.2. The summed E-state index contributed by atoms with van der Waals surface area (Å²) in [5.41, 5.74) is 0.821. The van der Waals surface area contributed by atoms with Crippen LogP contribution >= 0.6 is 0 Å². The first kappa shape index (κ1) is 18.9. The molecule has 1 unspecified atom stereocenters. The Labute approximate surface area is 155 Å².